The molecule has 3 heteroatoms. The van der Waals surface area contributed by atoms with E-state index in [2.05, 4.69) is 6.92 Å². The van der Waals surface area contributed by atoms with Crippen LogP contribution in [0.2, 0.25) is 0 Å². The number of aliphatic hydroxyl groups is 1. The molecule has 1 amide bonds. The van der Waals surface area contributed by atoms with Crippen molar-refractivity contribution in [1.29, 1.82) is 0 Å². The van der Waals surface area contributed by atoms with Crippen LogP contribution in [-0.4, -0.2) is 29.0 Å². The molecule has 0 radical (unpaired) electrons. The Morgan fingerprint density at radius 1 is 0.957 bits per heavy atom. The number of aliphatic hydroxyl groups excluding tert-OH is 1. The minimum atomic E-state index is -0.683. The third kappa shape index (κ3) is 4.42. The molecular weight excluding hydrogens is 286 g/mol. The fourth-order valence-corrected chi connectivity index (χ4v) is 2.67. The van der Waals surface area contributed by atoms with Gasteiger partial charge in [-0.2, -0.15) is 0 Å². The van der Waals surface area contributed by atoms with Crippen LogP contribution in [0.5, 0.6) is 0 Å². The lowest BCUT2D eigenvalue weighted by Gasteiger charge is -2.30. The van der Waals surface area contributed by atoms with E-state index >= 15 is 0 Å². The van der Waals surface area contributed by atoms with E-state index in [1.807, 2.05) is 67.6 Å². The quantitative estimate of drug-likeness (QED) is 0.882. The lowest BCUT2D eigenvalue weighted by Crippen LogP contribution is -2.39. The van der Waals surface area contributed by atoms with E-state index in [0.717, 1.165) is 11.1 Å². The summed E-state index contributed by atoms with van der Waals surface area (Å²) in [6, 6.07) is 19.2. The molecular formula is C20H25NO2. The van der Waals surface area contributed by atoms with E-state index in [1.165, 1.54) is 0 Å². The Morgan fingerprint density at radius 2 is 1.43 bits per heavy atom. The molecule has 0 bridgehead atoms. The Hall–Kier alpha value is -2.13. The molecule has 2 aromatic carbocycles. The number of likely N-dealkylation sites (N-methyl/N-ethyl adjacent to an activating group) is 1. The van der Waals surface area contributed by atoms with Gasteiger partial charge in [0, 0.05) is 13.5 Å². The lowest BCUT2D eigenvalue weighted by molar-refractivity contribution is -0.134. The molecule has 3 atom stereocenters. The van der Waals surface area contributed by atoms with Crippen molar-refractivity contribution in [2.75, 3.05) is 7.05 Å². The summed E-state index contributed by atoms with van der Waals surface area (Å²) >= 11 is 0. The number of carbonyl (C=O) groups excluding carboxylic acids is 1. The van der Waals surface area contributed by atoms with E-state index in [0.29, 0.717) is 6.42 Å². The van der Waals surface area contributed by atoms with Gasteiger partial charge in [0.05, 0.1) is 12.1 Å². The van der Waals surface area contributed by atoms with Crippen LogP contribution >= 0.6 is 0 Å². The topological polar surface area (TPSA) is 40.5 Å². The summed E-state index contributed by atoms with van der Waals surface area (Å²) in [7, 11) is 1.76. The van der Waals surface area contributed by atoms with Crippen LogP contribution in [0.3, 0.4) is 0 Å². The lowest BCUT2D eigenvalue weighted by atomic mass is 9.96. The molecule has 0 saturated carbocycles. The first kappa shape index (κ1) is 17.2. The molecule has 0 fully saturated rings. The smallest absolute Gasteiger partial charge is 0.223 e. The van der Waals surface area contributed by atoms with Gasteiger partial charge in [-0.3, -0.25) is 4.79 Å². The zero-order valence-electron chi connectivity index (χ0n) is 14.0. The monoisotopic (exact) mass is 311 g/mol. The first-order chi connectivity index (χ1) is 11.0. The molecule has 0 spiro atoms. The molecule has 1 N–H and O–H groups in total. The molecule has 0 unspecified atom stereocenters. The number of nitrogens with zero attached hydrogens (tertiary/aromatic N) is 1. The largest absolute Gasteiger partial charge is 0.386 e. The molecule has 0 heterocycles. The predicted octanol–water partition coefficient (Wildman–Crippen LogP) is 3.76. The second-order valence-electron chi connectivity index (χ2n) is 6.12. The summed E-state index contributed by atoms with van der Waals surface area (Å²) in [5.74, 6) is 0.205. The summed E-state index contributed by atoms with van der Waals surface area (Å²) in [4.78, 5) is 14.2. The highest BCUT2D eigenvalue weighted by Crippen LogP contribution is 2.23. The van der Waals surface area contributed by atoms with Crippen LogP contribution in [0, 0.1) is 0 Å². The Balaban J connectivity index is 1.99. The third-order valence-corrected chi connectivity index (χ3v) is 4.45. The molecule has 0 aliphatic heterocycles. The van der Waals surface area contributed by atoms with E-state index in [4.69, 9.17) is 0 Å². The number of amides is 1. The van der Waals surface area contributed by atoms with Gasteiger partial charge in [-0.15, -0.1) is 0 Å². The van der Waals surface area contributed by atoms with Crippen LogP contribution < -0.4 is 0 Å². The Kier molecular flexibility index (Phi) is 5.94. The number of hydrogen-bond donors (Lipinski definition) is 1. The molecule has 2 aromatic rings. The van der Waals surface area contributed by atoms with Crippen molar-refractivity contribution in [1.82, 2.24) is 4.90 Å². The standard InChI is InChI=1S/C20H25NO2/c1-15(17-10-6-4-7-11-17)14-19(22)21(3)16(2)20(23)18-12-8-5-9-13-18/h4-13,15-16,20,23H,14H2,1-3H3/t15-,16+,20-/m0/s1. The Bertz CT molecular complexity index is 612. The van der Waals surface area contributed by atoms with Gasteiger partial charge in [0.1, 0.15) is 0 Å². The number of carbonyl (C=O) groups is 1. The number of rotatable bonds is 6. The van der Waals surface area contributed by atoms with Crippen molar-refractivity contribution in [3.8, 4) is 0 Å². The zero-order valence-corrected chi connectivity index (χ0v) is 14.0. The highest BCUT2D eigenvalue weighted by Gasteiger charge is 2.25. The van der Waals surface area contributed by atoms with Gasteiger partial charge in [-0.1, -0.05) is 67.6 Å². The number of benzene rings is 2. The zero-order chi connectivity index (χ0) is 16.8. The van der Waals surface area contributed by atoms with Crippen LogP contribution in [0.1, 0.15) is 43.4 Å². The van der Waals surface area contributed by atoms with Crippen LogP contribution in [0.15, 0.2) is 60.7 Å². The molecule has 2 rings (SSSR count). The van der Waals surface area contributed by atoms with Gasteiger partial charge in [0.25, 0.3) is 0 Å². The van der Waals surface area contributed by atoms with E-state index in [-0.39, 0.29) is 17.9 Å². The van der Waals surface area contributed by atoms with Gasteiger partial charge in [0.15, 0.2) is 0 Å². The van der Waals surface area contributed by atoms with Crippen molar-refractivity contribution in [2.24, 2.45) is 0 Å². The minimum absolute atomic E-state index is 0.0452. The SMILES string of the molecule is C[C@H]([C@H](O)c1ccccc1)N(C)C(=O)C[C@H](C)c1ccccc1. The van der Waals surface area contributed by atoms with Crippen molar-refractivity contribution in [3.05, 3.63) is 71.8 Å². The molecule has 0 aliphatic carbocycles. The minimum Gasteiger partial charge on any atom is -0.386 e. The highest BCUT2D eigenvalue weighted by molar-refractivity contribution is 5.77. The summed E-state index contributed by atoms with van der Waals surface area (Å²) in [6.45, 7) is 3.93. The number of hydrogen-bond acceptors (Lipinski definition) is 2. The second kappa shape index (κ2) is 7.93. The van der Waals surface area contributed by atoms with Crippen molar-refractivity contribution < 1.29 is 9.90 Å². The van der Waals surface area contributed by atoms with Crippen molar-refractivity contribution >= 4 is 5.91 Å². The second-order valence-corrected chi connectivity index (χ2v) is 6.12. The van der Waals surface area contributed by atoms with E-state index in [9.17, 15) is 9.90 Å². The molecule has 23 heavy (non-hydrogen) atoms. The predicted molar refractivity (Wildman–Crippen MR) is 93.1 cm³/mol. The fourth-order valence-electron chi connectivity index (χ4n) is 2.67. The third-order valence-electron chi connectivity index (χ3n) is 4.45. The van der Waals surface area contributed by atoms with E-state index in [1.54, 1.807) is 11.9 Å². The van der Waals surface area contributed by atoms with E-state index < -0.39 is 6.10 Å². The normalized spacial score (nSPS) is 14.8. The van der Waals surface area contributed by atoms with Crippen LogP contribution in [0.25, 0.3) is 0 Å². The van der Waals surface area contributed by atoms with Crippen LogP contribution in [-0.2, 0) is 4.79 Å². The van der Waals surface area contributed by atoms with Crippen molar-refractivity contribution in [3.63, 3.8) is 0 Å². The van der Waals surface area contributed by atoms with Gasteiger partial charge < -0.3 is 10.0 Å². The fraction of sp³-hybridized carbons (Fsp3) is 0.350. The highest BCUT2D eigenvalue weighted by atomic mass is 16.3. The first-order valence-electron chi connectivity index (χ1n) is 8.04. The Morgan fingerprint density at radius 3 is 1.96 bits per heavy atom. The average molecular weight is 311 g/mol. The first-order valence-corrected chi connectivity index (χ1v) is 8.04. The van der Waals surface area contributed by atoms with Crippen molar-refractivity contribution in [2.45, 2.75) is 38.3 Å². The molecule has 0 aromatic heterocycles. The van der Waals surface area contributed by atoms with Gasteiger partial charge in [-0.05, 0) is 24.0 Å². The Labute approximate surface area is 138 Å². The molecule has 122 valence electrons. The maximum atomic E-state index is 12.5. The van der Waals surface area contributed by atoms with Crippen LogP contribution in [0.4, 0.5) is 0 Å². The van der Waals surface area contributed by atoms with Gasteiger partial charge >= 0.3 is 0 Å². The molecule has 0 aliphatic rings. The van der Waals surface area contributed by atoms with Gasteiger partial charge in [0.2, 0.25) is 5.91 Å². The summed E-state index contributed by atoms with van der Waals surface area (Å²) in [5.41, 5.74) is 1.99. The summed E-state index contributed by atoms with van der Waals surface area (Å²) in [6.07, 6.45) is -0.246. The maximum Gasteiger partial charge on any atom is 0.223 e. The summed E-state index contributed by atoms with van der Waals surface area (Å²) in [5, 5.41) is 10.5. The average Bonchev–Trinajstić information content (AvgIpc) is 2.61. The molecule has 0 saturated heterocycles. The molecule has 3 nitrogen and oxygen atoms in total. The van der Waals surface area contributed by atoms with Gasteiger partial charge in [-0.25, -0.2) is 0 Å². The summed E-state index contributed by atoms with van der Waals surface area (Å²) < 4.78 is 0. The maximum absolute atomic E-state index is 12.5.